The molecular weight excluding hydrogens is 560 g/mol. The topological polar surface area (TPSA) is 362 Å². The second-order valence-electron chi connectivity index (χ2n) is 7.80. The summed E-state index contributed by atoms with van der Waals surface area (Å²) in [6.07, 6.45) is -25.3. The second-order valence-corrected chi connectivity index (χ2v) is 7.80. The fourth-order valence-corrected chi connectivity index (χ4v) is 2.82. The third kappa shape index (κ3) is 11.2. The van der Waals surface area contributed by atoms with E-state index in [0.29, 0.717) is 0 Å². The average Bonchev–Trinajstić information content (AvgIpc) is 2.88. The smallest absolute Gasteiger partial charge is 0.547 e. The van der Waals surface area contributed by atoms with Gasteiger partial charge in [0.05, 0.1) is 31.8 Å². The number of aliphatic hydroxyl groups is 13. The van der Waals surface area contributed by atoms with Crippen LogP contribution in [0.4, 0.5) is 0 Å². The Morgan fingerprint density at radius 1 is 0.711 bits per heavy atom. The molecule has 0 amide bonds. The molecule has 0 saturated carbocycles. The van der Waals surface area contributed by atoms with E-state index in [0.717, 1.165) is 0 Å². The van der Waals surface area contributed by atoms with Crippen LogP contribution in [0.5, 0.6) is 0 Å². The molecule has 220 valence electrons. The van der Waals surface area contributed by atoms with E-state index in [2.05, 4.69) is 0 Å². The SMILES string of the molecule is O=C([O-])C(O)C(O)C(O)C(O)CO.O=C([O-])C(O)C(O)C(OC1OC(CO)C(O)C(O)C1O)C(O)CO.[Ca+2]. The fourth-order valence-electron chi connectivity index (χ4n) is 2.82. The van der Waals surface area contributed by atoms with Crippen LogP contribution < -0.4 is 10.2 Å². The van der Waals surface area contributed by atoms with Crippen molar-refractivity contribution in [3.05, 3.63) is 0 Å². The van der Waals surface area contributed by atoms with Crippen LogP contribution in [0.1, 0.15) is 0 Å². The number of aliphatic hydroxyl groups excluding tert-OH is 13. The van der Waals surface area contributed by atoms with Crippen molar-refractivity contribution in [2.24, 2.45) is 0 Å². The molecule has 1 heterocycles. The van der Waals surface area contributed by atoms with Gasteiger partial charge in [-0.2, -0.15) is 0 Å². The van der Waals surface area contributed by atoms with Gasteiger partial charge >= 0.3 is 37.7 Å². The molecule has 38 heavy (non-hydrogen) atoms. The van der Waals surface area contributed by atoms with Crippen LogP contribution in [0, 0.1) is 0 Å². The van der Waals surface area contributed by atoms with Crippen LogP contribution in [-0.2, 0) is 19.1 Å². The Balaban J connectivity index is 0. The zero-order chi connectivity index (χ0) is 29.2. The summed E-state index contributed by atoms with van der Waals surface area (Å²) in [7, 11) is 0. The third-order valence-electron chi connectivity index (χ3n) is 5.10. The van der Waals surface area contributed by atoms with Crippen molar-refractivity contribution < 1.29 is 95.7 Å². The molecule has 1 rings (SSSR count). The first-order chi connectivity index (χ1) is 17.1. The average molecular weight is 593 g/mol. The number of carbonyl (C=O) groups excluding carboxylic acids is 2. The number of carboxylic acid groups (broad SMARTS) is 2. The van der Waals surface area contributed by atoms with E-state index < -0.39 is 111 Å². The molecule has 13 atom stereocenters. The Bertz CT molecular complexity index is 684. The number of carbonyl (C=O) groups is 2. The number of hydrogen-bond acceptors (Lipinski definition) is 19. The van der Waals surface area contributed by atoms with Crippen molar-refractivity contribution in [2.45, 2.75) is 79.5 Å². The molecule has 13 unspecified atom stereocenters. The summed E-state index contributed by atoms with van der Waals surface area (Å²) >= 11 is 0. The molecule has 0 radical (unpaired) electrons. The monoisotopic (exact) mass is 592 g/mol. The first-order valence-corrected chi connectivity index (χ1v) is 10.4. The van der Waals surface area contributed by atoms with Crippen LogP contribution in [0.2, 0.25) is 0 Å². The molecule has 0 aromatic heterocycles. The molecule has 20 heteroatoms. The minimum atomic E-state index is -2.50. The maximum Gasteiger partial charge on any atom is 2.00 e. The van der Waals surface area contributed by atoms with Crippen LogP contribution in [0.15, 0.2) is 0 Å². The van der Waals surface area contributed by atoms with Gasteiger partial charge in [0.1, 0.15) is 73.2 Å². The first kappa shape index (κ1) is 39.7. The largest absolute Gasteiger partial charge is 2.00 e. The molecule has 19 nitrogen and oxygen atoms in total. The van der Waals surface area contributed by atoms with Crippen molar-refractivity contribution in [3.63, 3.8) is 0 Å². The number of ether oxygens (including phenoxy) is 2. The molecule has 1 aliphatic rings. The van der Waals surface area contributed by atoms with Gasteiger partial charge in [-0.25, -0.2) is 0 Å². The first-order valence-electron chi connectivity index (χ1n) is 10.4. The second kappa shape index (κ2) is 18.9. The van der Waals surface area contributed by atoms with Gasteiger partial charge in [-0.15, -0.1) is 0 Å². The van der Waals surface area contributed by atoms with Crippen molar-refractivity contribution in [1.82, 2.24) is 0 Å². The Kier molecular flexibility index (Phi) is 19.7. The van der Waals surface area contributed by atoms with Gasteiger partial charge in [0.2, 0.25) is 0 Å². The Morgan fingerprint density at radius 2 is 1.16 bits per heavy atom. The standard InChI is InChI=1S/C12H22O12.C6H12O7.Ca/c13-1-3(15)10(7(18)8(19)11(21)22)24-12-9(20)6(17)5(16)4(2-14)23-12;7-1-2(8)3(9)4(10)5(11)6(12)13;/h3-10,12-20H,1-2H2,(H,21,22);2-5,7-11H,1H2,(H,12,13);/q;;+2/p-2. The zero-order valence-corrected chi connectivity index (χ0v) is 21.8. The van der Waals surface area contributed by atoms with Gasteiger partial charge in [-0.05, 0) is 0 Å². The van der Waals surface area contributed by atoms with Crippen LogP contribution >= 0.6 is 0 Å². The predicted molar refractivity (Wildman–Crippen MR) is 111 cm³/mol. The summed E-state index contributed by atoms with van der Waals surface area (Å²) in [5, 5.41) is 140. The zero-order valence-electron chi connectivity index (χ0n) is 19.6. The summed E-state index contributed by atoms with van der Waals surface area (Å²) in [5.74, 6) is -4.06. The summed E-state index contributed by atoms with van der Waals surface area (Å²) in [6, 6.07) is 0. The van der Waals surface area contributed by atoms with E-state index in [4.69, 9.17) is 45.2 Å². The van der Waals surface area contributed by atoms with Gasteiger partial charge in [0.25, 0.3) is 0 Å². The summed E-state index contributed by atoms with van der Waals surface area (Å²) in [6.45, 7) is -2.65. The molecule has 0 aromatic rings. The summed E-state index contributed by atoms with van der Waals surface area (Å²) < 4.78 is 9.94. The number of carboxylic acids is 2. The van der Waals surface area contributed by atoms with Crippen molar-refractivity contribution in [1.29, 1.82) is 0 Å². The Morgan fingerprint density at radius 3 is 1.55 bits per heavy atom. The van der Waals surface area contributed by atoms with E-state index >= 15 is 0 Å². The van der Waals surface area contributed by atoms with E-state index in [1.807, 2.05) is 0 Å². The summed E-state index contributed by atoms with van der Waals surface area (Å²) in [5.41, 5.74) is 0. The maximum absolute atomic E-state index is 10.6. The fraction of sp³-hybridized carbons (Fsp3) is 0.889. The van der Waals surface area contributed by atoms with Crippen molar-refractivity contribution in [2.75, 3.05) is 19.8 Å². The van der Waals surface area contributed by atoms with Crippen molar-refractivity contribution in [3.8, 4) is 0 Å². The molecule has 1 saturated heterocycles. The molecule has 13 N–H and O–H groups in total. The quantitative estimate of drug-likeness (QED) is 0.0882. The third-order valence-corrected chi connectivity index (χ3v) is 5.10. The van der Waals surface area contributed by atoms with Crippen LogP contribution in [0.3, 0.4) is 0 Å². The number of hydrogen-bond donors (Lipinski definition) is 13. The van der Waals surface area contributed by atoms with Crippen molar-refractivity contribution >= 4 is 49.7 Å². The molecule has 1 fully saturated rings. The normalized spacial score (nSPS) is 29.7. The minimum Gasteiger partial charge on any atom is -0.547 e. The summed E-state index contributed by atoms with van der Waals surface area (Å²) in [4.78, 5) is 20.6. The van der Waals surface area contributed by atoms with Gasteiger partial charge in [0.15, 0.2) is 6.29 Å². The number of aliphatic carboxylic acids is 2. The van der Waals surface area contributed by atoms with Crippen LogP contribution in [-0.4, -0.2) is 215 Å². The number of rotatable bonds is 13. The van der Waals surface area contributed by atoms with E-state index in [1.165, 1.54) is 0 Å². The molecular formula is C18H32CaO19. The van der Waals surface area contributed by atoms with E-state index in [-0.39, 0.29) is 37.7 Å². The molecule has 1 aliphatic heterocycles. The molecule has 0 bridgehead atoms. The van der Waals surface area contributed by atoms with Crippen LogP contribution in [0.25, 0.3) is 0 Å². The maximum atomic E-state index is 10.6. The van der Waals surface area contributed by atoms with Gasteiger partial charge in [-0.3, -0.25) is 0 Å². The van der Waals surface area contributed by atoms with Gasteiger partial charge in [0, 0.05) is 0 Å². The minimum absolute atomic E-state index is 0. The molecule has 0 aromatic carbocycles. The van der Waals surface area contributed by atoms with Gasteiger partial charge in [-0.1, -0.05) is 0 Å². The van der Waals surface area contributed by atoms with E-state index in [1.54, 1.807) is 0 Å². The Labute approximate surface area is 244 Å². The predicted octanol–water partition coefficient (Wildman–Crippen LogP) is -12.2. The molecule has 0 aliphatic carbocycles. The van der Waals surface area contributed by atoms with E-state index in [9.17, 15) is 50.4 Å². The Hall–Kier alpha value is -0.400. The molecule has 0 spiro atoms. The van der Waals surface area contributed by atoms with Gasteiger partial charge < -0.3 is 95.7 Å².